The molecule has 0 aliphatic carbocycles. The van der Waals surface area contributed by atoms with Crippen LogP contribution >= 0.6 is 0 Å². The molecule has 0 aliphatic heterocycles. The third-order valence-corrected chi connectivity index (χ3v) is 4.18. The molecule has 1 aromatic heterocycles. The van der Waals surface area contributed by atoms with Gasteiger partial charge in [0.2, 0.25) is 5.88 Å². The number of aromatic hydroxyl groups is 1. The highest BCUT2D eigenvalue weighted by Gasteiger charge is 2.15. The summed E-state index contributed by atoms with van der Waals surface area (Å²) in [5.41, 5.74) is -0.231. The van der Waals surface area contributed by atoms with E-state index in [4.69, 9.17) is 0 Å². The first-order valence-corrected chi connectivity index (χ1v) is 8.13. The molecular weight excluding hydrogens is 346 g/mol. The molecule has 0 atom stereocenters. The third kappa shape index (κ3) is 3.35. The van der Waals surface area contributed by atoms with Gasteiger partial charge in [-0.2, -0.15) is 0 Å². The topological polar surface area (TPSA) is 93.7 Å². The summed E-state index contributed by atoms with van der Waals surface area (Å²) in [6.45, 7) is 0. The first-order chi connectivity index (χ1) is 12.9. The average molecular weight is 363 g/mol. The highest BCUT2D eigenvalue weighted by Crippen LogP contribution is 2.22. The van der Waals surface area contributed by atoms with Gasteiger partial charge in [0.05, 0.1) is 5.69 Å². The molecule has 7 heteroatoms. The molecule has 3 aromatic rings. The molecule has 0 aliphatic rings. The van der Waals surface area contributed by atoms with Gasteiger partial charge < -0.3 is 5.11 Å². The number of para-hydroxylation sites is 1. The van der Waals surface area contributed by atoms with E-state index in [1.165, 1.54) is 14.1 Å². The maximum absolute atomic E-state index is 12.7. The minimum absolute atomic E-state index is 0.137. The van der Waals surface area contributed by atoms with Crippen LogP contribution in [0, 0.1) is 0 Å². The van der Waals surface area contributed by atoms with Gasteiger partial charge in [-0.3, -0.25) is 23.7 Å². The maximum Gasteiger partial charge on any atom is 0.333 e. The summed E-state index contributed by atoms with van der Waals surface area (Å²) in [5, 5.41) is 10.1. The molecule has 0 amide bonds. The summed E-state index contributed by atoms with van der Waals surface area (Å²) in [6, 6.07) is 15.5. The predicted octanol–water partition coefficient (Wildman–Crippen LogP) is 1.77. The molecular formula is C20H17N3O4. The lowest BCUT2D eigenvalue weighted by Gasteiger charge is -2.08. The van der Waals surface area contributed by atoms with Crippen LogP contribution in [0.25, 0.3) is 0 Å². The van der Waals surface area contributed by atoms with Crippen molar-refractivity contribution >= 4 is 17.7 Å². The van der Waals surface area contributed by atoms with Gasteiger partial charge in [-0.15, -0.1) is 0 Å². The normalized spacial score (nSPS) is 11.0. The predicted molar refractivity (Wildman–Crippen MR) is 102 cm³/mol. The number of rotatable bonds is 4. The molecule has 0 unspecified atom stereocenters. The number of ketones is 1. The minimum atomic E-state index is -0.675. The Morgan fingerprint density at radius 1 is 0.963 bits per heavy atom. The van der Waals surface area contributed by atoms with Crippen molar-refractivity contribution in [3.05, 3.63) is 92.1 Å². The number of carbonyl (C=O) groups excluding carboxylic acids is 1. The van der Waals surface area contributed by atoms with Gasteiger partial charge in [-0.05, 0) is 12.1 Å². The minimum Gasteiger partial charge on any atom is -0.494 e. The molecule has 0 spiro atoms. The lowest BCUT2D eigenvalue weighted by molar-refractivity contribution is 0.103. The summed E-state index contributed by atoms with van der Waals surface area (Å²) in [6.07, 6.45) is 1.16. The maximum atomic E-state index is 12.7. The molecule has 0 bridgehead atoms. The second kappa shape index (κ2) is 7.25. The Kier molecular flexibility index (Phi) is 4.85. The van der Waals surface area contributed by atoms with Crippen LogP contribution in [0.15, 0.2) is 69.2 Å². The first-order valence-electron chi connectivity index (χ1n) is 8.13. The number of nitrogens with zero attached hydrogens (tertiary/aromatic N) is 3. The molecule has 0 radical (unpaired) electrons. The molecule has 1 N–H and O–H groups in total. The Morgan fingerprint density at radius 2 is 1.59 bits per heavy atom. The second-order valence-electron chi connectivity index (χ2n) is 5.91. The number of hydrogen-bond donors (Lipinski definition) is 1. The highest BCUT2D eigenvalue weighted by atomic mass is 16.3. The monoisotopic (exact) mass is 363 g/mol. The van der Waals surface area contributed by atoms with Crippen molar-refractivity contribution in [1.82, 2.24) is 9.13 Å². The van der Waals surface area contributed by atoms with Gasteiger partial charge in [0.1, 0.15) is 5.56 Å². The zero-order chi connectivity index (χ0) is 19.6. The van der Waals surface area contributed by atoms with E-state index < -0.39 is 17.1 Å². The van der Waals surface area contributed by atoms with Crippen LogP contribution in [0.1, 0.15) is 21.5 Å². The van der Waals surface area contributed by atoms with E-state index in [2.05, 4.69) is 4.99 Å². The van der Waals surface area contributed by atoms with Crippen molar-refractivity contribution in [2.75, 3.05) is 0 Å². The van der Waals surface area contributed by atoms with Crippen molar-refractivity contribution in [2.45, 2.75) is 0 Å². The van der Waals surface area contributed by atoms with Crippen LogP contribution in [-0.4, -0.2) is 26.2 Å². The Bertz CT molecular complexity index is 1160. The lowest BCUT2D eigenvalue weighted by Crippen LogP contribution is -2.38. The van der Waals surface area contributed by atoms with Crippen molar-refractivity contribution in [1.29, 1.82) is 0 Å². The van der Waals surface area contributed by atoms with Crippen molar-refractivity contribution in [3.8, 4) is 5.88 Å². The Labute approximate surface area is 154 Å². The number of aromatic nitrogens is 2. The van der Waals surface area contributed by atoms with Crippen LogP contribution in [0.2, 0.25) is 0 Å². The smallest absolute Gasteiger partial charge is 0.333 e. The SMILES string of the molecule is Cn1c(O)c(C=Nc2ccccc2C(=O)c2ccccc2)c(=O)n(C)c1=O. The van der Waals surface area contributed by atoms with Gasteiger partial charge in [-0.25, -0.2) is 4.79 Å². The summed E-state index contributed by atoms with van der Waals surface area (Å²) in [4.78, 5) is 41.0. The number of benzene rings is 2. The fourth-order valence-corrected chi connectivity index (χ4v) is 2.63. The van der Waals surface area contributed by atoms with Crippen molar-refractivity contribution in [3.63, 3.8) is 0 Å². The molecule has 3 rings (SSSR count). The summed E-state index contributed by atoms with van der Waals surface area (Å²) in [5.74, 6) is -0.695. The van der Waals surface area contributed by atoms with E-state index in [1.54, 1.807) is 48.5 Å². The molecule has 0 fully saturated rings. The molecule has 136 valence electrons. The molecule has 7 nitrogen and oxygen atoms in total. The molecule has 27 heavy (non-hydrogen) atoms. The van der Waals surface area contributed by atoms with E-state index in [9.17, 15) is 19.5 Å². The third-order valence-electron chi connectivity index (χ3n) is 4.18. The Balaban J connectivity index is 2.08. The number of carbonyl (C=O) groups is 1. The molecule has 0 saturated carbocycles. The van der Waals surface area contributed by atoms with E-state index in [0.717, 1.165) is 15.3 Å². The van der Waals surface area contributed by atoms with E-state index in [1.807, 2.05) is 6.07 Å². The van der Waals surface area contributed by atoms with Gasteiger partial charge in [0, 0.05) is 31.4 Å². The zero-order valence-electron chi connectivity index (χ0n) is 14.8. The van der Waals surface area contributed by atoms with Gasteiger partial charge in [0.15, 0.2) is 5.78 Å². The standard InChI is InChI=1S/C20H17N3O4/c1-22-18(25)15(19(26)23(2)20(22)27)12-21-16-11-7-6-10-14(16)17(24)13-8-4-3-5-9-13/h3-12,25H,1-2H3. The largest absolute Gasteiger partial charge is 0.494 e. The lowest BCUT2D eigenvalue weighted by atomic mass is 10.0. The first kappa shape index (κ1) is 18.1. The van der Waals surface area contributed by atoms with Crippen LogP contribution in [0.4, 0.5) is 5.69 Å². The quantitative estimate of drug-likeness (QED) is 0.565. The Hall–Kier alpha value is -3.74. The van der Waals surface area contributed by atoms with E-state index in [-0.39, 0.29) is 11.3 Å². The van der Waals surface area contributed by atoms with Crippen LogP contribution in [-0.2, 0) is 14.1 Å². The fraction of sp³-hybridized carbons (Fsp3) is 0.100. The Morgan fingerprint density at radius 3 is 2.30 bits per heavy atom. The molecule has 0 saturated heterocycles. The van der Waals surface area contributed by atoms with Crippen molar-refractivity contribution < 1.29 is 9.90 Å². The van der Waals surface area contributed by atoms with E-state index in [0.29, 0.717) is 16.8 Å². The molecule has 2 aromatic carbocycles. The van der Waals surface area contributed by atoms with E-state index >= 15 is 0 Å². The van der Waals surface area contributed by atoms with Gasteiger partial charge in [-0.1, -0.05) is 42.5 Å². The molecule has 1 heterocycles. The summed E-state index contributed by atoms with van der Waals surface area (Å²) in [7, 11) is 2.66. The fourth-order valence-electron chi connectivity index (χ4n) is 2.63. The van der Waals surface area contributed by atoms with Crippen LogP contribution in [0.5, 0.6) is 5.88 Å². The summed E-state index contributed by atoms with van der Waals surface area (Å²) < 4.78 is 1.83. The zero-order valence-corrected chi connectivity index (χ0v) is 14.8. The van der Waals surface area contributed by atoms with Gasteiger partial charge in [0.25, 0.3) is 5.56 Å². The van der Waals surface area contributed by atoms with Crippen LogP contribution in [0.3, 0.4) is 0 Å². The number of aliphatic imine (C=N–C) groups is 1. The van der Waals surface area contributed by atoms with Crippen LogP contribution < -0.4 is 11.2 Å². The summed E-state index contributed by atoms with van der Waals surface area (Å²) >= 11 is 0. The average Bonchev–Trinajstić information content (AvgIpc) is 2.71. The highest BCUT2D eigenvalue weighted by molar-refractivity contribution is 6.12. The number of hydrogen-bond acceptors (Lipinski definition) is 5. The second-order valence-corrected chi connectivity index (χ2v) is 5.91. The van der Waals surface area contributed by atoms with Crippen molar-refractivity contribution in [2.24, 2.45) is 19.1 Å². The van der Waals surface area contributed by atoms with Gasteiger partial charge >= 0.3 is 5.69 Å².